The van der Waals surface area contributed by atoms with Gasteiger partial charge in [-0.1, -0.05) is 12.1 Å². The standard InChI is InChI=1S/C14H11N3O/c1-2-10-7-13(18)17(8-10)14-11-5-3-4-6-12(11)15-9-16-14/h1,3-6,9-10H,7-8H2. The first-order valence-electron chi connectivity index (χ1n) is 5.76. The fourth-order valence-corrected chi connectivity index (χ4v) is 2.23. The number of carbonyl (C=O) groups is 1. The van der Waals surface area contributed by atoms with Gasteiger partial charge in [0.25, 0.3) is 0 Å². The molecular formula is C14H11N3O. The van der Waals surface area contributed by atoms with Crippen molar-refractivity contribution in [1.29, 1.82) is 0 Å². The predicted molar refractivity (Wildman–Crippen MR) is 68.8 cm³/mol. The summed E-state index contributed by atoms with van der Waals surface area (Å²) in [4.78, 5) is 22.0. The number of amides is 1. The van der Waals surface area contributed by atoms with Crippen molar-refractivity contribution in [2.75, 3.05) is 11.4 Å². The molecule has 3 rings (SSSR count). The number of aromatic nitrogens is 2. The molecule has 1 aromatic heterocycles. The maximum absolute atomic E-state index is 12.0. The monoisotopic (exact) mass is 237 g/mol. The normalized spacial score (nSPS) is 19.2. The average molecular weight is 237 g/mol. The quantitative estimate of drug-likeness (QED) is 0.708. The molecule has 88 valence electrons. The number of terminal acetylenes is 1. The highest BCUT2D eigenvalue weighted by Crippen LogP contribution is 2.28. The van der Waals surface area contributed by atoms with Crippen LogP contribution in [0.1, 0.15) is 6.42 Å². The number of fused-ring (bicyclic) bond motifs is 1. The first-order valence-corrected chi connectivity index (χ1v) is 5.76. The van der Waals surface area contributed by atoms with E-state index in [-0.39, 0.29) is 11.8 Å². The zero-order valence-electron chi connectivity index (χ0n) is 9.71. The molecule has 1 unspecified atom stereocenters. The zero-order chi connectivity index (χ0) is 12.5. The van der Waals surface area contributed by atoms with Crippen LogP contribution in [-0.2, 0) is 4.79 Å². The summed E-state index contributed by atoms with van der Waals surface area (Å²) in [5.41, 5.74) is 0.833. The van der Waals surface area contributed by atoms with Crippen molar-refractivity contribution in [1.82, 2.24) is 9.97 Å². The molecule has 4 heteroatoms. The molecule has 0 N–H and O–H groups in total. The molecule has 2 heterocycles. The summed E-state index contributed by atoms with van der Waals surface area (Å²) >= 11 is 0. The lowest BCUT2D eigenvalue weighted by atomic mass is 10.1. The van der Waals surface area contributed by atoms with Crippen LogP contribution in [0.4, 0.5) is 5.82 Å². The Morgan fingerprint density at radius 2 is 2.17 bits per heavy atom. The molecule has 4 nitrogen and oxygen atoms in total. The van der Waals surface area contributed by atoms with E-state index in [0.717, 1.165) is 10.9 Å². The Kier molecular flexibility index (Phi) is 2.45. The fourth-order valence-electron chi connectivity index (χ4n) is 2.23. The van der Waals surface area contributed by atoms with Crippen molar-refractivity contribution in [3.05, 3.63) is 30.6 Å². The lowest BCUT2D eigenvalue weighted by Gasteiger charge is -2.16. The van der Waals surface area contributed by atoms with Crippen molar-refractivity contribution in [2.45, 2.75) is 6.42 Å². The van der Waals surface area contributed by atoms with Crippen LogP contribution in [0.3, 0.4) is 0 Å². The lowest BCUT2D eigenvalue weighted by molar-refractivity contribution is -0.117. The van der Waals surface area contributed by atoms with Gasteiger partial charge < -0.3 is 0 Å². The second kappa shape index (κ2) is 4.11. The number of hydrogen-bond donors (Lipinski definition) is 0. The molecule has 1 aliphatic heterocycles. The second-order valence-corrected chi connectivity index (χ2v) is 4.29. The van der Waals surface area contributed by atoms with E-state index in [9.17, 15) is 4.79 Å². The second-order valence-electron chi connectivity index (χ2n) is 4.29. The van der Waals surface area contributed by atoms with Crippen molar-refractivity contribution in [3.8, 4) is 12.3 Å². The minimum atomic E-state index is -0.0220. The van der Waals surface area contributed by atoms with Crippen molar-refractivity contribution in [3.63, 3.8) is 0 Å². The van der Waals surface area contributed by atoms with Gasteiger partial charge in [-0.3, -0.25) is 9.69 Å². The number of anilines is 1. The summed E-state index contributed by atoms with van der Waals surface area (Å²) < 4.78 is 0. The smallest absolute Gasteiger partial charge is 0.229 e. The molecular weight excluding hydrogens is 226 g/mol. The number of nitrogens with zero attached hydrogens (tertiary/aromatic N) is 3. The minimum absolute atomic E-state index is 0.0220. The molecule has 0 radical (unpaired) electrons. The Morgan fingerprint density at radius 1 is 1.33 bits per heavy atom. The molecule has 0 saturated carbocycles. The number of carbonyl (C=O) groups excluding carboxylic acids is 1. The molecule has 1 aliphatic rings. The van der Waals surface area contributed by atoms with Crippen molar-refractivity contribution in [2.24, 2.45) is 5.92 Å². The molecule has 1 atom stereocenters. The fraction of sp³-hybridized carbons (Fsp3) is 0.214. The summed E-state index contributed by atoms with van der Waals surface area (Å²) in [7, 11) is 0. The Morgan fingerprint density at radius 3 is 2.94 bits per heavy atom. The van der Waals surface area contributed by atoms with E-state index in [2.05, 4.69) is 15.9 Å². The highest BCUT2D eigenvalue weighted by Gasteiger charge is 2.31. The van der Waals surface area contributed by atoms with E-state index in [1.54, 1.807) is 4.90 Å². The van der Waals surface area contributed by atoms with Crippen LogP contribution < -0.4 is 4.90 Å². The van der Waals surface area contributed by atoms with E-state index < -0.39 is 0 Å². The lowest BCUT2D eigenvalue weighted by Crippen LogP contribution is -2.25. The highest BCUT2D eigenvalue weighted by atomic mass is 16.2. The van der Waals surface area contributed by atoms with Gasteiger partial charge >= 0.3 is 0 Å². The van der Waals surface area contributed by atoms with Crippen LogP contribution in [0.25, 0.3) is 10.9 Å². The Balaban J connectivity index is 2.10. The van der Waals surface area contributed by atoms with E-state index in [1.807, 2.05) is 24.3 Å². The first-order chi connectivity index (χ1) is 8.79. The van der Waals surface area contributed by atoms with Crippen LogP contribution in [0.15, 0.2) is 30.6 Å². The van der Waals surface area contributed by atoms with Crippen LogP contribution >= 0.6 is 0 Å². The molecule has 0 bridgehead atoms. The van der Waals surface area contributed by atoms with Crippen LogP contribution in [0, 0.1) is 18.3 Å². The Bertz CT molecular complexity index is 654. The molecule has 0 aliphatic carbocycles. The van der Waals surface area contributed by atoms with Crippen molar-refractivity contribution < 1.29 is 4.79 Å². The van der Waals surface area contributed by atoms with E-state index in [0.29, 0.717) is 18.8 Å². The highest BCUT2D eigenvalue weighted by molar-refractivity contribution is 6.02. The van der Waals surface area contributed by atoms with Crippen molar-refractivity contribution >= 4 is 22.6 Å². The van der Waals surface area contributed by atoms with Gasteiger partial charge in [-0.15, -0.1) is 12.3 Å². The summed E-state index contributed by atoms with van der Waals surface area (Å²) in [6, 6.07) is 7.64. The third-order valence-electron chi connectivity index (χ3n) is 3.14. The van der Waals surface area contributed by atoms with Gasteiger partial charge in [-0.2, -0.15) is 0 Å². The minimum Gasteiger partial charge on any atom is -0.295 e. The molecule has 1 saturated heterocycles. The maximum atomic E-state index is 12.0. The molecule has 0 spiro atoms. The van der Waals surface area contributed by atoms with Crippen LogP contribution in [0.2, 0.25) is 0 Å². The van der Waals surface area contributed by atoms with Gasteiger partial charge in [0.05, 0.1) is 5.52 Å². The van der Waals surface area contributed by atoms with Crippen LogP contribution in [0.5, 0.6) is 0 Å². The maximum Gasteiger partial charge on any atom is 0.229 e. The SMILES string of the molecule is C#CC1CC(=O)N(c2ncnc3ccccc23)C1. The predicted octanol–water partition coefficient (Wildman–Crippen LogP) is 1.62. The molecule has 1 aromatic carbocycles. The van der Waals surface area contributed by atoms with E-state index in [1.165, 1.54) is 6.33 Å². The number of benzene rings is 1. The zero-order valence-corrected chi connectivity index (χ0v) is 9.71. The van der Waals surface area contributed by atoms with Gasteiger partial charge in [-0.05, 0) is 12.1 Å². The van der Waals surface area contributed by atoms with Gasteiger partial charge in [0.2, 0.25) is 5.91 Å². The first kappa shape index (κ1) is 10.7. The topological polar surface area (TPSA) is 46.1 Å². The number of hydrogen-bond acceptors (Lipinski definition) is 3. The average Bonchev–Trinajstić information content (AvgIpc) is 2.79. The van der Waals surface area contributed by atoms with Gasteiger partial charge in [0, 0.05) is 24.3 Å². The number of rotatable bonds is 1. The van der Waals surface area contributed by atoms with Gasteiger partial charge in [-0.25, -0.2) is 9.97 Å². The van der Waals surface area contributed by atoms with E-state index >= 15 is 0 Å². The molecule has 1 amide bonds. The summed E-state index contributed by atoms with van der Waals surface area (Å²) in [5.74, 6) is 3.30. The molecule has 1 fully saturated rings. The summed E-state index contributed by atoms with van der Waals surface area (Å²) in [6.07, 6.45) is 7.27. The van der Waals surface area contributed by atoms with Gasteiger partial charge in [0.15, 0.2) is 0 Å². The van der Waals surface area contributed by atoms with Gasteiger partial charge in [0.1, 0.15) is 12.1 Å². The van der Waals surface area contributed by atoms with Crippen LogP contribution in [-0.4, -0.2) is 22.4 Å². The largest absolute Gasteiger partial charge is 0.295 e. The third-order valence-corrected chi connectivity index (χ3v) is 3.14. The molecule has 18 heavy (non-hydrogen) atoms. The van der Waals surface area contributed by atoms with E-state index in [4.69, 9.17) is 6.42 Å². The Hall–Kier alpha value is -2.41. The number of para-hydroxylation sites is 1. The Labute approximate surface area is 105 Å². The third kappa shape index (κ3) is 1.61. The summed E-state index contributed by atoms with van der Waals surface area (Å²) in [5, 5.41) is 0.881. The summed E-state index contributed by atoms with van der Waals surface area (Å²) in [6.45, 7) is 0.538. The molecule has 2 aromatic rings.